The van der Waals surface area contributed by atoms with Gasteiger partial charge in [-0.15, -0.1) is 0 Å². The van der Waals surface area contributed by atoms with E-state index in [4.69, 9.17) is 4.18 Å². The second-order valence-corrected chi connectivity index (χ2v) is 6.73. The second kappa shape index (κ2) is 8.03. The van der Waals surface area contributed by atoms with Crippen molar-refractivity contribution < 1.29 is 17.4 Å². The molecule has 22 heavy (non-hydrogen) atoms. The minimum absolute atomic E-state index is 0.103. The lowest BCUT2D eigenvalue weighted by atomic mass is 10.1. The highest BCUT2D eigenvalue weighted by atomic mass is 32.2. The highest BCUT2D eigenvalue weighted by Crippen LogP contribution is 2.17. The van der Waals surface area contributed by atoms with Gasteiger partial charge in [-0.05, 0) is 38.0 Å². The average Bonchev–Trinajstić information content (AvgIpc) is 2.44. The third-order valence-corrected chi connectivity index (χ3v) is 3.73. The first-order valence-corrected chi connectivity index (χ1v) is 9.11. The Morgan fingerprint density at radius 3 is 2.32 bits per heavy atom. The molecule has 2 amide bonds. The fraction of sp³-hybridized carbons (Fsp3) is 0.533. The summed E-state index contributed by atoms with van der Waals surface area (Å²) in [5, 5.41) is 2.81. The molecule has 0 spiro atoms. The number of amides is 2. The quantitative estimate of drug-likeness (QED) is 0.780. The van der Waals surface area contributed by atoms with Crippen LogP contribution in [0.3, 0.4) is 0 Å². The van der Waals surface area contributed by atoms with Crippen LogP contribution in [0.25, 0.3) is 0 Å². The topological polar surface area (TPSA) is 75.7 Å². The van der Waals surface area contributed by atoms with Crippen molar-refractivity contribution in [2.45, 2.75) is 39.8 Å². The summed E-state index contributed by atoms with van der Waals surface area (Å²) >= 11 is 0. The third kappa shape index (κ3) is 5.93. The number of urea groups is 1. The Labute approximate surface area is 132 Å². The minimum Gasteiger partial charge on any atom is -0.383 e. The van der Waals surface area contributed by atoms with Crippen molar-refractivity contribution in [1.82, 2.24) is 10.2 Å². The van der Waals surface area contributed by atoms with E-state index in [1.54, 1.807) is 29.2 Å². The Bertz CT molecular complexity index is 584. The Hall–Kier alpha value is -1.76. The normalized spacial score (nSPS) is 12.5. The van der Waals surface area contributed by atoms with Crippen molar-refractivity contribution in [2.24, 2.45) is 0 Å². The number of nitrogens with one attached hydrogen (secondary N) is 1. The van der Waals surface area contributed by atoms with Crippen LogP contribution in [0.2, 0.25) is 0 Å². The zero-order valence-electron chi connectivity index (χ0n) is 13.5. The van der Waals surface area contributed by atoms with Gasteiger partial charge in [-0.1, -0.05) is 19.1 Å². The summed E-state index contributed by atoms with van der Waals surface area (Å²) < 4.78 is 26.9. The number of hydrogen-bond acceptors (Lipinski definition) is 4. The molecule has 0 radical (unpaired) electrons. The fourth-order valence-electron chi connectivity index (χ4n) is 1.92. The van der Waals surface area contributed by atoms with E-state index in [0.29, 0.717) is 13.1 Å². The van der Waals surface area contributed by atoms with Crippen molar-refractivity contribution in [3.63, 3.8) is 0 Å². The number of carbonyl (C=O) groups excluding carboxylic acids is 1. The molecule has 1 rings (SSSR count). The number of carbonyl (C=O) groups is 1. The van der Waals surface area contributed by atoms with Crippen LogP contribution < -0.4 is 9.50 Å². The number of benzene rings is 1. The summed E-state index contributed by atoms with van der Waals surface area (Å²) in [5.74, 6) is 0.263. The summed E-state index contributed by atoms with van der Waals surface area (Å²) in [6.07, 6.45) is 1.85. The van der Waals surface area contributed by atoms with Gasteiger partial charge in [-0.3, -0.25) is 0 Å². The molecule has 0 aliphatic rings. The van der Waals surface area contributed by atoms with E-state index in [1.165, 1.54) is 0 Å². The lowest BCUT2D eigenvalue weighted by molar-refractivity contribution is 0.174. The van der Waals surface area contributed by atoms with Crippen LogP contribution in [0.5, 0.6) is 5.75 Å². The fourth-order valence-corrected chi connectivity index (χ4v) is 2.38. The zero-order valence-corrected chi connectivity index (χ0v) is 14.3. The second-order valence-electron chi connectivity index (χ2n) is 5.15. The molecule has 0 aromatic heterocycles. The third-order valence-electron chi connectivity index (χ3n) is 3.24. The standard InChI is InChI=1S/C15H24N2O4S/c1-5-12(3)17(15(18)16-6-2)11-13-7-9-14(10-8-13)21-22(4,19)20/h7-10,12H,5-6,11H2,1-4H3,(H,16,18)/t12-/m1/s1. The minimum atomic E-state index is -3.53. The smallest absolute Gasteiger partial charge is 0.317 e. The molecule has 0 bridgehead atoms. The summed E-state index contributed by atoms with van der Waals surface area (Å²) in [7, 11) is -3.53. The lowest BCUT2D eigenvalue weighted by Gasteiger charge is -2.28. The number of hydrogen-bond donors (Lipinski definition) is 1. The Morgan fingerprint density at radius 2 is 1.86 bits per heavy atom. The van der Waals surface area contributed by atoms with Crippen LogP contribution in [-0.2, 0) is 16.7 Å². The maximum absolute atomic E-state index is 12.1. The Balaban J connectivity index is 2.83. The van der Waals surface area contributed by atoms with E-state index < -0.39 is 10.1 Å². The highest BCUT2D eigenvalue weighted by molar-refractivity contribution is 7.86. The van der Waals surface area contributed by atoms with Crippen molar-refractivity contribution in [2.75, 3.05) is 12.8 Å². The van der Waals surface area contributed by atoms with Crippen LogP contribution in [0.4, 0.5) is 4.79 Å². The molecule has 1 atom stereocenters. The van der Waals surface area contributed by atoms with Crippen molar-refractivity contribution in [1.29, 1.82) is 0 Å². The largest absolute Gasteiger partial charge is 0.383 e. The molecule has 0 saturated carbocycles. The number of nitrogens with zero attached hydrogens (tertiary/aromatic N) is 1. The summed E-state index contributed by atoms with van der Waals surface area (Å²) in [5.41, 5.74) is 0.910. The molecule has 124 valence electrons. The molecule has 0 aliphatic carbocycles. The first-order chi connectivity index (χ1) is 10.3. The van der Waals surface area contributed by atoms with Gasteiger partial charge in [0.05, 0.1) is 6.26 Å². The van der Waals surface area contributed by atoms with Gasteiger partial charge >= 0.3 is 16.1 Å². The van der Waals surface area contributed by atoms with Gasteiger partial charge in [0.15, 0.2) is 0 Å². The van der Waals surface area contributed by atoms with Gasteiger partial charge in [-0.2, -0.15) is 8.42 Å². The lowest BCUT2D eigenvalue weighted by Crippen LogP contribution is -2.44. The molecule has 1 aromatic carbocycles. The monoisotopic (exact) mass is 328 g/mol. The molecular weight excluding hydrogens is 304 g/mol. The predicted molar refractivity (Wildman–Crippen MR) is 86.3 cm³/mol. The molecule has 6 nitrogen and oxygen atoms in total. The first-order valence-electron chi connectivity index (χ1n) is 7.29. The molecule has 0 saturated heterocycles. The zero-order chi connectivity index (χ0) is 16.8. The molecule has 0 heterocycles. The van der Waals surface area contributed by atoms with E-state index in [2.05, 4.69) is 5.32 Å². The van der Waals surface area contributed by atoms with Gasteiger partial charge in [0, 0.05) is 19.1 Å². The molecule has 1 N–H and O–H groups in total. The van der Waals surface area contributed by atoms with Gasteiger partial charge < -0.3 is 14.4 Å². The van der Waals surface area contributed by atoms with Gasteiger partial charge in [0.25, 0.3) is 0 Å². The predicted octanol–water partition coefficient (Wildman–Crippen LogP) is 2.36. The summed E-state index contributed by atoms with van der Waals surface area (Å²) in [6, 6.07) is 6.70. The molecule has 1 aromatic rings. The van der Waals surface area contributed by atoms with Crippen LogP contribution in [-0.4, -0.2) is 38.2 Å². The van der Waals surface area contributed by atoms with Gasteiger partial charge in [0.2, 0.25) is 0 Å². The van der Waals surface area contributed by atoms with E-state index in [9.17, 15) is 13.2 Å². The maximum Gasteiger partial charge on any atom is 0.317 e. The number of rotatable bonds is 7. The highest BCUT2D eigenvalue weighted by Gasteiger charge is 2.18. The molecule has 0 fully saturated rings. The van der Waals surface area contributed by atoms with Gasteiger partial charge in [-0.25, -0.2) is 4.79 Å². The maximum atomic E-state index is 12.1. The molecular formula is C15H24N2O4S. The van der Waals surface area contributed by atoms with Crippen molar-refractivity contribution in [3.05, 3.63) is 29.8 Å². The van der Waals surface area contributed by atoms with E-state index in [1.807, 2.05) is 20.8 Å². The molecule has 7 heteroatoms. The Morgan fingerprint density at radius 1 is 1.27 bits per heavy atom. The summed E-state index contributed by atoms with van der Waals surface area (Å²) in [6.45, 7) is 6.94. The van der Waals surface area contributed by atoms with Crippen LogP contribution in [0.1, 0.15) is 32.8 Å². The SMILES string of the molecule is CCNC(=O)N(Cc1ccc(OS(C)(=O)=O)cc1)[C@H](C)CC. The molecule has 0 aliphatic heterocycles. The van der Waals surface area contributed by atoms with E-state index in [-0.39, 0.29) is 17.8 Å². The summed E-state index contributed by atoms with van der Waals surface area (Å²) in [4.78, 5) is 13.9. The van der Waals surface area contributed by atoms with Crippen LogP contribution in [0.15, 0.2) is 24.3 Å². The van der Waals surface area contributed by atoms with Crippen LogP contribution in [0, 0.1) is 0 Å². The first kappa shape index (κ1) is 18.3. The van der Waals surface area contributed by atoms with Crippen molar-refractivity contribution in [3.8, 4) is 5.75 Å². The van der Waals surface area contributed by atoms with Crippen molar-refractivity contribution >= 4 is 16.1 Å². The van der Waals surface area contributed by atoms with E-state index >= 15 is 0 Å². The van der Waals surface area contributed by atoms with Crippen LogP contribution >= 0.6 is 0 Å². The Kier molecular flexibility index (Phi) is 6.67. The molecule has 0 unspecified atom stereocenters. The average molecular weight is 328 g/mol. The van der Waals surface area contributed by atoms with E-state index in [0.717, 1.165) is 18.2 Å². The van der Waals surface area contributed by atoms with Gasteiger partial charge in [0.1, 0.15) is 5.75 Å².